The number of amides is 4. The second-order valence-corrected chi connectivity index (χ2v) is 7.03. The van der Waals surface area contributed by atoms with Crippen molar-refractivity contribution in [3.8, 4) is 5.75 Å². The van der Waals surface area contributed by atoms with E-state index in [9.17, 15) is 18.8 Å². The van der Waals surface area contributed by atoms with Gasteiger partial charge in [-0.05, 0) is 42.0 Å². The highest BCUT2D eigenvalue weighted by Crippen LogP contribution is 2.27. The minimum absolute atomic E-state index is 0.0261. The van der Waals surface area contributed by atoms with Gasteiger partial charge in [0.25, 0.3) is 11.8 Å². The molecule has 1 N–H and O–H groups in total. The lowest BCUT2D eigenvalue weighted by Gasteiger charge is -2.25. The van der Waals surface area contributed by atoms with Gasteiger partial charge in [0, 0.05) is 16.6 Å². The summed E-state index contributed by atoms with van der Waals surface area (Å²) in [4.78, 5) is 37.5. The van der Waals surface area contributed by atoms with Gasteiger partial charge in [-0.3, -0.25) is 19.8 Å². The molecule has 0 aliphatic carbocycles. The van der Waals surface area contributed by atoms with Crippen LogP contribution in [0.5, 0.6) is 5.75 Å². The Labute approximate surface area is 174 Å². The van der Waals surface area contributed by atoms with E-state index in [-0.39, 0.29) is 24.5 Å². The molecule has 2 aromatic rings. The lowest BCUT2D eigenvalue weighted by Crippen LogP contribution is -2.54. The number of nitrogens with one attached hydrogen (secondary N) is 1. The van der Waals surface area contributed by atoms with Crippen molar-refractivity contribution in [2.45, 2.75) is 6.61 Å². The van der Waals surface area contributed by atoms with Gasteiger partial charge < -0.3 is 4.74 Å². The zero-order valence-corrected chi connectivity index (χ0v) is 16.7. The molecule has 148 valence electrons. The van der Waals surface area contributed by atoms with Crippen LogP contribution in [0.15, 0.2) is 65.2 Å². The Hall–Kier alpha value is -3.26. The summed E-state index contributed by atoms with van der Waals surface area (Å²) in [6, 6.07) is 10.2. The standard InChI is InChI=1S/C21H16BrFN2O4/c1-2-9-25-20(27)17(19(26)24-21(25)28)11-14-10-15(22)5-8-18(14)29-12-13-3-6-16(23)7-4-13/h2-8,10-11H,1,9,12H2,(H,24,26,28)/b17-11-. The monoisotopic (exact) mass is 458 g/mol. The highest BCUT2D eigenvalue weighted by Gasteiger charge is 2.35. The molecule has 2 aromatic carbocycles. The van der Waals surface area contributed by atoms with Crippen LogP contribution in [-0.2, 0) is 16.2 Å². The first-order chi connectivity index (χ1) is 13.9. The average molecular weight is 459 g/mol. The molecule has 0 bridgehead atoms. The number of rotatable bonds is 6. The summed E-state index contributed by atoms with van der Waals surface area (Å²) in [5, 5.41) is 2.14. The van der Waals surface area contributed by atoms with E-state index in [0.29, 0.717) is 15.8 Å². The molecule has 0 atom stereocenters. The molecule has 0 unspecified atom stereocenters. The predicted molar refractivity (Wildman–Crippen MR) is 108 cm³/mol. The summed E-state index contributed by atoms with van der Waals surface area (Å²) in [7, 11) is 0. The first kappa shape index (κ1) is 20.5. The number of halogens is 2. The Bertz CT molecular complexity index is 1020. The number of carbonyl (C=O) groups is 3. The van der Waals surface area contributed by atoms with Crippen molar-refractivity contribution < 1.29 is 23.5 Å². The van der Waals surface area contributed by atoms with Gasteiger partial charge in [-0.25, -0.2) is 9.18 Å². The molecule has 29 heavy (non-hydrogen) atoms. The number of urea groups is 1. The summed E-state index contributed by atoms with van der Waals surface area (Å²) >= 11 is 3.35. The van der Waals surface area contributed by atoms with Crippen LogP contribution in [0.2, 0.25) is 0 Å². The normalized spacial score (nSPS) is 15.4. The predicted octanol–water partition coefficient (Wildman–Crippen LogP) is 3.82. The molecule has 1 heterocycles. The van der Waals surface area contributed by atoms with Crippen LogP contribution in [0.4, 0.5) is 9.18 Å². The number of carbonyl (C=O) groups excluding carboxylic acids is 3. The molecule has 3 rings (SSSR count). The number of ether oxygens (including phenoxy) is 1. The van der Waals surface area contributed by atoms with E-state index in [0.717, 1.165) is 10.5 Å². The van der Waals surface area contributed by atoms with Crippen molar-refractivity contribution in [1.82, 2.24) is 10.2 Å². The third-order valence-electron chi connectivity index (χ3n) is 4.08. The number of hydrogen-bond donors (Lipinski definition) is 1. The molecule has 1 saturated heterocycles. The molecule has 0 spiro atoms. The number of benzene rings is 2. The molecular weight excluding hydrogens is 443 g/mol. The number of hydrogen-bond acceptors (Lipinski definition) is 4. The largest absolute Gasteiger partial charge is 0.488 e. The summed E-state index contributed by atoms with van der Waals surface area (Å²) in [5.41, 5.74) is 1.02. The molecule has 0 aromatic heterocycles. The fourth-order valence-corrected chi connectivity index (χ4v) is 3.03. The molecular formula is C21H16BrFN2O4. The van der Waals surface area contributed by atoms with E-state index in [1.54, 1.807) is 30.3 Å². The van der Waals surface area contributed by atoms with E-state index in [4.69, 9.17) is 4.74 Å². The third kappa shape index (κ3) is 4.78. The van der Waals surface area contributed by atoms with Crippen LogP contribution >= 0.6 is 15.9 Å². The quantitative estimate of drug-likeness (QED) is 0.405. The van der Waals surface area contributed by atoms with Crippen molar-refractivity contribution in [2.75, 3.05) is 6.54 Å². The van der Waals surface area contributed by atoms with E-state index < -0.39 is 17.8 Å². The van der Waals surface area contributed by atoms with Gasteiger partial charge in [0.15, 0.2) is 0 Å². The first-order valence-corrected chi connectivity index (χ1v) is 9.35. The van der Waals surface area contributed by atoms with Crippen molar-refractivity contribution in [1.29, 1.82) is 0 Å². The maximum absolute atomic E-state index is 13.0. The van der Waals surface area contributed by atoms with E-state index in [1.807, 2.05) is 0 Å². The summed E-state index contributed by atoms with van der Waals surface area (Å²) in [6.45, 7) is 3.65. The first-order valence-electron chi connectivity index (χ1n) is 8.55. The minimum Gasteiger partial charge on any atom is -0.488 e. The smallest absolute Gasteiger partial charge is 0.331 e. The second-order valence-electron chi connectivity index (χ2n) is 6.12. The van der Waals surface area contributed by atoms with Gasteiger partial charge in [-0.15, -0.1) is 6.58 Å². The van der Waals surface area contributed by atoms with Crippen LogP contribution < -0.4 is 10.1 Å². The SMILES string of the molecule is C=CCN1C(=O)NC(=O)/C(=C/c2cc(Br)ccc2OCc2ccc(F)cc2)C1=O. The second kappa shape index (κ2) is 8.83. The maximum atomic E-state index is 13.0. The van der Waals surface area contributed by atoms with E-state index >= 15 is 0 Å². The van der Waals surface area contributed by atoms with Crippen molar-refractivity contribution in [2.24, 2.45) is 0 Å². The van der Waals surface area contributed by atoms with Crippen LogP contribution in [0.3, 0.4) is 0 Å². The lowest BCUT2D eigenvalue weighted by atomic mass is 10.1. The fraction of sp³-hybridized carbons (Fsp3) is 0.0952. The lowest BCUT2D eigenvalue weighted by molar-refractivity contribution is -0.129. The van der Waals surface area contributed by atoms with E-state index in [1.165, 1.54) is 24.3 Å². The Morgan fingerprint density at radius 2 is 1.86 bits per heavy atom. The zero-order chi connectivity index (χ0) is 21.0. The van der Waals surface area contributed by atoms with E-state index in [2.05, 4.69) is 27.8 Å². The number of barbiturate groups is 1. The molecule has 1 fully saturated rings. The molecule has 0 radical (unpaired) electrons. The summed E-state index contributed by atoms with van der Waals surface area (Å²) in [5.74, 6) is -1.44. The Kier molecular flexibility index (Phi) is 6.23. The van der Waals surface area contributed by atoms with Gasteiger partial charge >= 0.3 is 6.03 Å². The summed E-state index contributed by atoms with van der Waals surface area (Å²) in [6.07, 6.45) is 2.76. The fourth-order valence-electron chi connectivity index (χ4n) is 2.65. The van der Waals surface area contributed by atoms with Gasteiger partial charge in [0.1, 0.15) is 23.7 Å². The Morgan fingerprint density at radius 3 is 2.55 bits per heavy atom. The minimum atomic E-state index is -0.793. The Balaban J connectivity index is 1.90. The zero-order valence-electron chi connectivity index (χ0n) is 15.2. The highest BCUT2D eigenvalue weighted by atomic mass is 79.9. The molecule has 4 amide bonds. The van der Waals surface area contributed by atoms with Crippen molar-refractivity contribution in [3.05, 3.63) is 82.1 Å². The maximum Gasteiger partial charge on any atom is 0.331 e. The van der Waals surface area contributed by atoms with Gasteiger partial charge in [-0.2, -0.15) is 0 Å². The van der Waals surface area contributed by atoms with Gasteiger partial charge in [-0.1, -0.05) is 34.1 Å². The molecule has 8 heteroatoms. The molecule has 0 saturated carbocycles. The third-order valence-corrected chi connectivity index (χ3v) is 4.57. The van der Waals surface area contributed by atoms with Gasteiger partial charge in [0.05, 0.1) is 0 Å². The van der Waals surface area contributed by atoms with Gasteiger partial charge in [0.2, 0.25) is 0 Å². The van der Waals surface area contributed by atoms with Crippen LogP contribution in [0, 0.1) is 5.82 Å². The average Bonchev–Trinajstić information content (AvgIpc) is 2.69. The number of nitrogens with zero attached hydrogens (tertiary/aromatic N) is 1. The van der Waals surface area contributed by atoms with Crippen molar-refractivity contribution in [3.63, 3.8) is 0 Å². The topological polar surface area (TPSA) is 75.7 Å². The highest BCUT2D eigenvalue weighted by molar-refractivity contribution is 9.10. The van der Waals surface area contributed by atoms with Crippen LogP contribution in [-0.4, -0.2) is 29.3 Å². The van der Waals surface area contributed by atoms with Crippen molar-refractivity contribution >= 4 is 39.9 Å². The van der Waals surface area contributed by atoms with Crippen LogP contribution in [0.25, 0.3) is 6.08 Å². The molecule has 1 aliphatic heterocycles. The van der Waals surface area contributed by atoms with Crippen LogP contribution in [0.1, 0.15) is 11.1 Å². The molecule has 6 nitrogen and oxygen atoms in total. The molecule has 1 aliphatic rings. The Morgan fingerprint density at radius 1 is 1.14 bits per heavy atom. The number of imide groups is 2. The summed E-state index contributed by atoms with van der Waals surface area (Å²) < 4.78 is 19.6.